The average Bonchev–Trinajstić information content (AvgIpc) is 2.29. The fraction of sp³-hybridized carbons (Fsp3) is 0.533. The third kappa shape index (κ3) is 3.67. The minimum atomic E-state index is -0.737. The second kappa shape index (κ2) is 5.97. The van der Waals surface area contributed by atoms with Gasteiger partial charge in [-0.3, -0.25) is 4.79 Å². The van der Waals surface area contributed by atoms with Crippen molar-refractivity contribution in [3.8, 4) is 0 Å². The molecule has 0 N–H and O–H groups in total. The summed E-state index contributed by atoms with van der Waals surface area (Å²) in [6, 6.07) is 7.85. The molecule has 0 aliphatic rings. The molecule has 0 spiro atoms. The van der Waals surface area contributed by atoms with Gasteiger partial charge in [0.05, 0.1) is 0 Å². The molecular formula is C15H22O2. The van der Waals surface area contributed by atoms with Crippen molar-refractivity contribution in [3.05, 3.63) is 35.4 Å². The highest BCUT2D eigenvalue weighted by atomic mass is 16.5. The molecule has 0 amide bonds. The maximum Gasteiger partial charge on any atom is 0.194 e. The van der Waals surface area contributed by atoms with Crippen molar-refractivity contribution in [2.45, 2.75) is 46.1 Å². The van der Waals surface area contributed by atoms with E-state index in [-0.39, 0.29) is 5.78 Å². The van der Waals surface area contributed by atoms with Gasteiger partial charge in [0.2, 0.25) is 0 Å². The van der Waals surface area contributed by atoms with Crippen LogP contribution in [-0.2, 0) is 11.2 Å². The number of ether oxygens (including phenoxy) is 1. The number of rotatable bonds is 6. The molecular weight excluding hydrogens is 212 g/mol. The number of aryl methyl sites for hydroxylation is 1. The molecule has 0 radical (unpaired) electrons. The molecule has 0 saturated carbocycles. The molecule has 2 nitrogen and oxygen atoms in total. The van der Waals surface area contributed by atoms with Crippen molar-refractivity contribution < 1.29 is 9.53 Å². The van der Waals surface area contributed by atoms with Crippen molar-refractivity contribution in [1.29, 1.82) is 0 Å². The summed E-state index contributed by atoms with van der Waals surface area (Å²) < 4.78 is 5.50. The standard InChI is InChI=1S/C15H22O2/c1-5-8-12-9-7-10-13(11-12)14(16)15(3,4)17-6-2/h7,9-11H,5-6,8H2,1-4H3. The van der Waals surface area contributed by atoms with Gasteiger partial charge >= 0.3 is 0 Å². The van der Waals surface area contributed by atoms with Gasteiger partial charge in [-0.25, -0.2) is 0 Å². The summed E-state index contributed by atoms with van der Waals surface area (Å²) >= 11 is 0. The average molecular weight is 234 g/mol. The van der Waals surface area contributed by atoms with E-state index in [1.54, 1.807) is 0 Å². The summed E-state index contributed by atoms with van der Waals surface area (Å²) in [7, 11) is 0. The molecule has 0 aromatic heterocycles. The minimum absolute atomic E-state index is 0.0531. The van der Waals surface area contributed by atoms with Crippen LogP contribution in [0.4, 0.5) is 0 Å². The molecule has 0 aliphatic heterocycles. The second-order valence-corrected chi connectivity index (χ2v) is 4.72. The van der Waals surface area contributed by atoms with E-state index in [9.17, 15) is 4.79 Å². The fourth-order valence-corrected chi connectivity index (χ4v) is 1.93. The van der Waals surface area contributed by atoms with Crippen molar-refractivity contribution >= 4 is 5.78 Å². The van der Waals surface area contributed by atoms with Crippen LogP contribution in [0.2, 0.25) is 0 Å². The van der Waals surface area contributed by atoms with E-state index in [1.165, 1.54) is 5.56 Å². The maximum absolute atomic E-state index is 12.3. The van der Waals surface area contributed by atoms with Gasteiger partial charge in [0.1, 0.15) is 5.60 Å². The number of ketones is 1. The first-order valence-electron chi connectivity index (χ1n) is 6.29. The van der Waals surface area contributed by atoms with Crippen molar-refractivity contribution in [2.75, 3.05) is 6.61 Å². The monoisotopic (exact) mass is 234 g/mol. The Labute approximate surface area is 104 Å². The molecule has 0 atom stereocenters. The normalized spacial score (nSPS) is 11.5. The zero-order chi connectivity index (χ0) is 12.9. The third-order valence-corrected chi connectivity index (χ3v) is 2.78. The molecule has 0 bridgehead atoms. The molecule has 0 fully saturated rings. The van der Waals surface area contributed by atoms with Gasteiger partial charge in [0.25, 0.3) is 0 Å². The van der Waals surface area contributed by atoms with E-state index in [1.807, 2.05) is 39.0 Å². The Hall–Kier alpha value is -1.15. The smallest absolute Gasteiger partial charge is 0.194 e. The highest BCUT2D eigenvalue weighted by molar-refractivity contribution is 6.02. The van der Waals surface area contributed by atoms with Gasteiger partial charge in [-0.15, -0.1) is 0 Å². The summed E-state index contributed by atoms with van der Waals surface area (Å²) in [5, 5.41) is 0. The summed E-state index contributed by atoms with van der Waals surface area (Å²) in [6.45, 7) is 8.24. The molecule has 2 heteroatoms. The molecule has 1 rings (SSSR count). The Morgan fingerprint density at radius 3 is 2.59 bits per heavy atom. The number of benzene rings is 1. The lowest BCUT2D eigenvalue weighted by Crippen LogP contribution is -2.35. The Balaban J connectivity index is 2.92. The van der Waals surface area contributed by atoms with Gasteiger partial charge in [-0.1, -0.05) is 31.5 Å². The van der Waals surface area contributed by atoms with Crippen LogP contribution in [0.25, 0.3) is 0 Å². The van der Waals surface area contributed by atoms with E-state index in [4.69, 9.17) is 4.74 Å². The van der Waals surface area contributed by atoms with Crippen LogP contribution in [0, 0.1) is 0 Å². The molecule has 1 aromatic carbocycles. The minimum Gasteiger partial charge on any atom is -0.368 e. The quantitative estimate of drug-likeness (QED) is 0.702. The topological polar surface area (TPSA) is 26.3 Å². The lowest BCUT2D eigenvalue weighted by atomic mass is 9.94. The zero-order valence-corrected chi connectivity index (χ0v) is 11.2. The number of hydrogen-bond donors (Lipinski definition) is 0. The first-order chi connectivity index (χ1) is 8.01. The summed E-state index contributed by atoms with van der Waals surface area (Å²) in [6.07, 6.45) is 2.10. The molecule has 0 heterocycles. The molecule has 94 valence electrons. The fourth-order valence-electron chi connectivity index (χ4n) is 1.93. The Bertz CT molecular complexity index is 380. The van der Waals surface area contributed by atoms with E-state index in [2.05, 4.69) is 13.0 Å². The Morgan fingerprint density at radius 2 is 2.00 bits per heavy atom. The van der Waals surface area contributed by atoms with Crippen molar-refractivity contribution in [2.24, 2.45) is 0 Å². The molecule has 17 heavy (non-hydrogen) atoms. The van der Waals surface area contributed by atoms with Crippen LogP contribution in [0.3, 0.4) is 0 Å². The summed E-state index contributed by atoms with van der Waals surface area (Å²) in [4.78, 5) is 12.3. The third-order valence-electron chi connectivity index (χ3n) is 2.78. The lowest BCUT2D eigenvalue weighted by molar-refractivity contribution is 0.00125. The second-order valence-electron chi connectivity index (χ2n) is 4.72. The van der Waals surface area contributed by atoms with Crippen molar-refractivity contribution in [1.82, 2.24) is 0 Å². The number of carbonyl (C=O) groups is 1. The van der Waals surface area contributed by atoms with Crippen LogP contribution >= 0.6 is 0 Å². The van der Waals surface area contributed by atoms with Gasteiger partial charge < -0.3 is 4.74 Å². The molecule has 1 aromatic rings. The van der Waals surface area contributed by atoms with Crippen molar-refractivity contribution in [3.63, 3.8) is 0 Å². The van der Waals surface area contributed by atoms with E-state index in [0.29, 0.717) is 6.61 Å². The van der Waals surface area contributed by atoms with Gasteiger partial charge in [-0.05, 0) is 38.8 Å². The highest BCUT2D eigenvalue weighted by Gasteiger charge is 2.28. The number of Topliss-reactive ketones (excluding diaryl/α,β-unsaturated/α-hetero) is 1. The Kier molecular flexibility index (Phi) is 4.88. The SMILES string of the molecule is CCCc1cccc(C(=O)C(C)(C)OCC)c1. The van der Waals surface area contributed by atoms with Crippen LogP contribution in [-0.4, -0.2) is 18.0 Å². The predicted molar refractivity (Wildman–Crippen MR) is 70.5 cm³/mol. The molecule has 0 aliphatic carbocycles. The lowest BCUT2D eigenvalue weighted by Gasteiger charge is -2.23. The Morgan fingerprint density at radius 1 is 1.29 bits per heavy atom. The van der Waals surface area contributed by atoms with Crippen LogP contribution < -0.4 is 0 Å². The van der Waals surface area contributed by atoms with Crippen LogP contribution in [0.1, 0.15) is 50.0 Å². The number of carbonyl (C=O) groups excluding carboxylic acids is 1. The van der Waals surface area contributed by atoms with E-state index < -0.39 is 5.60 Å². The maximum atomic E-state index is 12.3. The first-order valence-corrected chi connectivity index (χ1v) is 6.29. The van der Waals surface area contributed by atoms with Gasteiger partial charge in [-0.2, -0.15) is 0 Å². The van der Waals surface area contributed by atoms with Gasteiger partial charge in [0.15, 0.2) is 5.78 Å². The van der Waals surface area contributed by atoms with E-state index >= 15 is 0 Å². The zero-order valence-electron chi connectivity index (χ0n) is 11.2. The highest BCUT2D eigenvalue weighted by Crippen LogP contribution is 2.18. The predicted octanol–water partition coefficient (Wildman–Crippen LogP) is 3.64. The van der Waals surface area contributed by atoms with Crippen LogP contribution in [0.15, 0.2) is 24.3 Å². The number of hydrogen-bond acceptors (Lipinski definition) is 2. The summed E-state index contributed by atoms with van der Waals surface area (Å²) in [5.41, 5.74) is 1.22. The van der Waals surface area contributed by atoms with E-state index in [0.717, 1.165) is 18.4 Å². The van der Waals surface area contributed by atoms with Gasteiger partial charge in [0, 0.05) is 12.2 Å². The first kappa shape index (κ1) is 13.9. The molecule has 0 saturated heterocycles. The van der Waals surface area contributed by atoms with Crippen LogP contribution in [0.5, 0.6) is 0 Å². The largest absolute Gasteiger partial charge is 0.368 e. The summed E-state index contributed by atoms with van der Waals surface area (Å²) in [5.74, 6) is 0.0531. The molecule has 0 unspecified atom stereocenters.